The molecule has 3 rings (SSSR count). The van der Waals surface area contributed by atoms with Gasteiger partial charge in [-0.25, -0.2) is 4.98 Å². The summed E-state index contributed by atoms with van der Waals surface area (Å²) < 4.78 is 27.9. The van der Waals surface area contributed by atoms with Crippen molar-refractivity contribution in [2.75, 3.05) is 5.73 Å². The number of nitrogens with zero attached hydrogens (tertiary/aromatic N) is 4. The third-order valence-electron chi connectivity index (χ3n) is 2.61. The van der Waals surface area contributed by atoms with Crippen molar-refractivity contribution in [2.45, 2.75) is 16.6 Å². The molecular weight excluding hydrogens is 304 g/mol. The molecule has 9 heteroatoms. The Balaban J connectivity index is 1.92. The Labute approximate surface area is 120 Å². The van der Waals surface area contributed by atoms with Gasteiger partial charge in [0.25, 0.3) is 0 Å². The molecule has 0 bridgehead atoms. The Morgan fingerprint density at radius 3 is 2.80 bits per heavy atom. The molecule has 5 nitrogen and oxygen atoms in total. The number of nitrogen functional groups attached to an aromatic ring is 1. The predicted octanol–water partition coefficient (Wildman–Crippen LogP) is 3.16. The number of aromatic nitrogens is 4. The molecule has 2 heterocycles. The molecular formula is C11H9F2N5S2. The van der Waals surface area contributed by atoms with Crippen LogP contribution in [-0.2, 0) is 5.75 Å². The molecule has 3 aromatic rings. The van der Waals surface area contributed by atoms with Crippen molar-refractivity contribution in [1.82, 2.24) is 19.7 Å². The Bertz CT molecular complexity index is 739. The Morgan fingerprint density at radius 1 is 1.30 bits per heavy atom. The number of alkyl halides is 2. The molecule has 2 aromatic heterocycles. The number of thioether (sulfide) groups is 1. The highest BCUT2D eigenvalue weighted by molar-refractivity contribution is 8.00. The van der Waals surface area contributed by atoms with Crippen molar-refractivity contribution in [3.63, 3.8) is 0 Å². The highest BCUT2D eigenvalue weighted by atomic mass is 32.2. The Morgan fingerprint density at radius 2 is 2.10 bits per heavy atom. The minimum Gasteiger partial charge on any atom is -0.374 e. The van der Waals surface area contributed by atoms with Crippen LogP contribution in [0.2, 0.25) is 0 Å². The first kappa shape index (κ1) is 13.3. The number of rotatable bonds is 4. The summed E-state index contributed by atoms with van der Waals surface area (Å²) >= 11 is 2.51. The quantitative estimate of drug-likeness (QED) is 0.749. The SMILES string of the molecule is Nc1nnc(SCc2nc3ccccc3n2C(F)F)s1. The van der Waals surface area contributed by atoms with Crippen LogP contribution in [-0.4, -0.2) is 19.7 Å². The van der Waals surface area contributed by atoms with Crippen molar-refractivity contribution < 1.29 is 8.78 Å². The van der Waals surface area contributed by atoms with Crippen LogP contribution in [0.4, 0.5) is 13.9 Å². The lowest BCUT2D eigenvalue weighted by Crippen LogP contribution is -2.03. The molecule has 0 aliphatic heterocycles. The van der Waals surface area contributed by atoms with E-state index in [4.69, 9.17) is 5.73 Å². The average molecular weight is 313 g/mol. The monoisotopic (exact) mass is 313 g/mol. The minimum absolute atomic E-state index is 0.285. The van der Waals surface area contributed by atoms with Crippen molar-refractivity contribution in [2.24, 2.45) is 0 Å². The van der Waals surface area contributed by atoms with E-state index >= 15 is 0 Å². The molecule has 0 spiro atoms. The van der Waals surface area contributed by atoms with Crippen molar-refractivity contribution in [1.29, 1.82) is 0 Å². The third-order valence-corrected chi connectivity index (χ3v) is 4.49. The first-order chi connectivity index (χ1) is 9.65. The van der Waals surface area contributed by atoms with Crippen LogP contribution < -0.4 is 5.73 Å². The number of para-hydroxylation sites is 2. The summed E-state index contributed by atoms with van der Waals surface area (Å²) in [5.74, 6) is 0.591. The van der Waals surface area contributed by atoms with Crippen molar-refractivity contribution in [3.8, 4) is 0 Å². The van der Waals surface area contributed by atoms with E-state index < -0.39 is 6.55 Å². The highest BCUT2D eigenvalue weighted by Crippen LogP contribution is 2.30. The summed E-state index contributed by atoms with van der Waals surface area (Å²) in [7, 11) is 0. The molecule has 20 heavy (non-hydrogen) atoms. The second-order valence-corrected chi connectivity index (χ2v) is 6.09. The fourth-order valence-electron chi connectivity index (χ4n) is 1.82. The van der Waals surface area contributed by atoms with E-state index in [0.717, 1.165) is 4.57 Å². The van der Waals surface area contributed by atoms with Gasteiger partial charge >= 0.3 is 6.55 Å². The second kappa shape index (κ2) is 5.33. The van der Waals surface area contributed by atoms with Gasteiger partial charge in [-0.3, -0.25) is 4.57 Å². The zero-order chi connectivity index (χ0) is 14.1. The maximum atomic E-state index is 13.2. The molecule has 0 aliphatic rings. The van der Waals surface area contributed by atoms with Crippen molar-refractivity contribution >= 4 is 39.3 Å². The van der Waals surface area contributed by atoms with E-state index in [1.165, 1.54) is 23.1 Å². The van der Waals surface area contributed by atoms with E-state index in [0.29, 0.717) is 26.3 Å². The molecule has 104 valence electrons. The molecule has 0 fully saturated rings. The topological polar surface area (TPSA) is 69.6 Å². The predicted molar refractivity (Wildman–Crippen MR) is 74.9 cm³/mol. The molecule has 0 amide bonds. The van der Waals surface area contributed by atoms with Crippen LogP contribution in [0.5, 0.6) is 0 Å². The van der Waals surface area contributed by atoms with Gasteiger partial charge in [-0.1, -0.05) is 35.2 Å². The number of benzene rings is 1. The molecule has 0 saturated carbocycles. The van der Waals surface area contributed by atoms with Gasteiger partial charge in [-0.2, -0.15) is 8.78 Å². The maximum absolute atomic E-state index is 13.2. The molecule has 0 atom stereocenters. The first-order valence-corrected chi connectivity index (χ1v) is 7.41. The summed E-state index contributed by atoms with van der Waals surface area (Å²) in [6.07, 6.45) is 0. The lowest BCUT2D eigenvalue weighted by molar-refractivity contribution is 0.0722. The van der Waals surface area contributed by atoms with Crippen LogP contribution in [0.3, 0.4) is 0 Å². The maximum Gasteiger partial charge on any atom is 0.320 e. The number of nitrogens with two attached hydrogens (primary N) is 1. The van der Waals surface area contributed by atoms with E-state index in [-0.39, 0.29) is 5.75 Å². The standard InChI is InChI=1S/C11H9F2N5S2/c12-9(13)18-7-4-2-1-3-6(7)15-8(18)5-19-11-17-16-10(14)20-11/h1-4,9H,5H2,(H2,14,16). The fourth-order valence-corrected chi connectivity index (χ4v) is 3.38. The molecule has 0 unspecified atom stereocenters. The zero-order valence-electron chi connectivity index (χ0n) is 10.0. The van der Waals surface area contributed by atoms with Crippen LogP contribution in [0.1, 0.15) is 12.4 Å². The number of anilines is 1. The summed E-state index contributed by atoms with van der Waals surface area (Å²) in [6.45, 7) is -2.63. The van der Waals surface area contributed by atoms with Gasteiger partial charge in [-0.05, 0) is 12.1 Å². The van der Waals surface area contributed by atoms with E-state index in [1.54, 1.807) is 24.3 Å². The van der Waals surface area contributed by atoms with Gasteiger partial charge in [-0.15, -0.1) is 10.2 Å². The second-order valence-electron chi connectivity index (χ2n) is 3.86. The Kier molecular flexibility index (Phi) is 3.53. The van der Waals surface area contributed by atoms with E-state index in [9.17, 15) is 8.78 Å². The number of hydrogen-bond donors (Lipinski definition) is 1. The highest BCUT2D eigenvalue weighted by Gasteiger charge is 2.17. The van der Waals surface area contributed by atoms with Crippen LogP contribution in [0.15, 0.2) is 28.6 Å². The molecule has 2 N–H and O–H groups in total. The van der Waals surface area contributed by atoms with Crippen molar-refractivity contribution in [3.05, 3.63) is 30.1 Å². The third kappa shape index (κ3) is 2.46. The van der Waals surface area contributed by atoms with Gasteiger partial charge < -0.3 is 5.73 Å². The summed E-state index contributed by atoms with van der Waals surface area (Å²) in [5.41, 5.74) is 6.46. The molecule has 0 saturated heterocycles. The van der Waals surface area contributed by atoms with Gasteiger partial charge in [0.1, 0.15) is 5.82 Å². The van der Waals surface area contributed by atoms with Gasteiger partial charge in [0.15, 0.2) is 4.34 Å². The summed E-state index contributed by atoms with van der Waals surface area (Å²) in [4.78, 5) is 4.24. The van der Waals surface area contributed by atoms with Gasteiger partial charge in [0.05, 0.1) is 16.8 Å². The van der Waals surface area contributed by atoms with E-state index in [1.807, 2.05) is 0 Å². The van der Waals surface area contributed by atoms with Crippen LogP contribution >= 0.6 is 23.1 Å². The van der Waals surface area contributed by atoms with Crippen LogP contribution in [0.25, 0.3) is 11.0 Å². The molecule has 1 aromatic carbocycles. The van der Waals surface area contributed by atoms with Gasteiger partial charge in [0, 0.05) is 0 Å². The Hall–Kier alpha value is -1.74. The number of halogens is 2. The first-order valence-electron chi connectivity index (χ1n) is 5.61. The molecule has 0 aliphatic carbocycles. The minimum atomic E-state index is -2.63. The fraction of sp³-hybridized carbons (Fsp3) is 0.182. The summed E-state index contributed by atoms with van der Waals surface area (Å²) in [6, 6.07) is 6.83. The van der Waals surface area contributed by atoms with Crippen LogP contribution in [0, 0.1) is 0 Å². The summed E-state index contributed by atoms with van der Waals surface area (Å²) in [5, 5.41) is 7.88. The zero-order valence-corrected chi connectivity index (χ0v) is 11.7. The number of fused-ring (bicyclic) bond motifs is 1. The average Bonchev–Trinajstić information content (AvgIpc) is 2.99. The largest absolute Gasteiger partial charge is 0.374 e. The number of imidazole rings is 1. The smallest absolute Gasteiger partial charge is 0.320 e. The normalized spacial score (nSPS) is 11.6. The van der Waals surface area contributed by atoms with Gasteiger partial charge in [0.2, 0.25) is 5.13 Å². The van der Waals surface area contributed by atoms with E-state index in [2.05, 4.69) is 15.2 Å². The number of hydrogen-bond acceptors (Lipinski definition) is 6. The lowest BCUT2D eigenvalue weighted by Gasteiger charge is -2.06. The molecule has 0 radical (unpaired) electrons. The lowest BCUT2D eigenvalue weighted by atomic mass is 10.3.